The van der Waals surface area contributed by atoms with Gasteiger partial charge in [0.1, 0.15) is 0 Å². The van der Waals surface area contributed by atoms with E-state index < -0.39 is 0 Å². The van der Waals surface area contributed by atoms with Gasteiger partial charge in [-0.3, -0.25) is 4.48 Å². The van der Waals surface area contributed by atoms with E-state index in [-0.39, 0.29) is 17.0 Å². The SMILES string of the molecule is CCCCN=C(N(CCCC)CCCC)[N+](CCCC)(CCCC)CCCC.[Br-]. The number of halogens is 1. The maximum Gasteiger partial charge on any atom is 0.300 e. The van der Waals surface area contributed by atoms with Gasteiger partial charge in [0, 0.05) is 19.6 Å². The van der Waals surface area contributed by atoms with Crippen LogP contribution in [0.25, 0.3) is 0 Å². The zero-order chi connectivity index (χ0) is 21.1. The van der Waals surface area contributed by atoms with Gasteiger partial charge in [0.25, 0.3) is 5.96 Å². The van der Waals surface area contributed by atoms with E-state index in [1.807, 2.05) is 0 Å². The summed E-state index contributed by atoms with van der Waals surface area (Å²) in [5.41, 5.74) is 0. The Bertz CT molecular complexity index is 341. The fraction of sp³-hybridized carbons (Fsp3) is 0.960. The number of aliphatic imine (C=N–C) groups is 1. The largest absolute Gasteiger partial charge is 1.00 e. The highest BCUT2D eigenvalue weighted by molar-refractivity contribution is 5.73. The van der Waals surface area contributed by atoms with Crippen molar-refractivity contribution in [2.24, 2.45) is 4.99 Å². The van der Waals surface area contributed by atoms with Crippen LogP contribution in [0.2, 0.25) is 0 Å². The Hall–Kier alpha value is -0.0900. The third-order valence-corrected chi connectivity index (χ3v) is 5.85. The van der Waals surface area contributed by atoms with Gasteiger partial charge < -0.3 is 21.9 Å². The molecule has 0 aromatic carbocycles. The van der Waals surface area contributed by atoms with Crippen LogP contribution < -0.4 is 17.0 Å². The molecule has 0 saturated heterocycles. The van der Waals surface area contributed by atoms with E-state index >= 15 is 0 Å². The Morgan fingerprint density at radius 2 is 0.966 bits per heavy atom. The van der Waals surface area contributed by atoms with Crippen LogP contribution in [0.15, 0.2) is 4.99 Å². The third-order valence-electron chi connectivity index (χ3n) is 5.85. The first kappa shape index (κ1) is 31.1. The summed E-state index contributed by atoms with van der Waals surface area (Å²) in [5.74, 6) is 1.45. The van der Waals surface area contributed by atoms with Gasteiger partial charge in [-0.15, -0.1) is 0 Å². The molecule has 0 saturated carbocycles. The van der Waals surface area contributed by atoms with Crippen LogP contribution in [0.5, 0.6) is 0 Å². The molecule has 4 heteroatoms. The molecule has 0 spiro atoms. The third kappa shape index (κ3) is 13.0. The highest BCUT2D eigenvalue weighted by atomic mass is 79.9. The van der Waals surface area contributed by atoms with Crippen molar-refractivity contribution in [1.82, 2.24) is 4.90 Å². The minimum atomic E-state index is 0. The lowest BCUT2D eigenvalue weighted by Gasteiger charge is -2.43. The zero-order valence-corrected chi connectivity index (χ0v) is 22.5. The Labute approximate surface area is 195 Å². The van der Waals surface area contributed by atoms with E-state index in [2.05, 4.69) is 46.4 Å². The van der Waals surface area contributed by atoms with E-state index in [0.717, 1.165) is 11.0 Å². The molecule has 176 valence electrons. The van der Waals surface area contributed by atoms with E-state index in [0.29, 0.717) is 0 Å². The number of hydrogen-bond donors (Lipinski definition) is 0. The van der Waals surface area contributed by atoms with Crippen LogP contribution in [0.1, 0.15) is 119 Å². The molecule has 0 aliphatic heterocycles. The summed E-state index contributed by atoms with van der Waals surface area (Å²) < 4.78 is 1.15. The summed E-state index contributed by atoms with van der Waals surface area (Å²) in [6.07, 6.45) is 15.3. The summed E-state index contributed by atoms with van der Waals surface area (Å²) in [5, 5.41) is 0. The molecule has 0 heterocycles. The fourth-order valence-electron chi connectivity index (χ4n) is 3.91. The highest BCUT2D eigenvalue weighted by Gasteiger charge is 2.36. The predicted octanol–water partition coefficient (Wildman–Crippen LogP) is 4.27. The normalized spacial score (nSPS) is 12.1. The van der Waals surface area contributed by atoms with Crippen molar-refractivity contribution in [1.29, 1.82) is 0 Å². The Morgan fingerprint density at radius 1 is 0.586 bits per heavy atom. The van der Waals surface area contributed by atoms with E-state index in [1.54, 1.807) is 0 Å². The molecule has 0 rings (SSSR count). The van der Waals surface area contributed by atoms with Crippen LogP contribution in [-0.4, -0.2) is 54.6 Å². The van der Waals surface area contributed by atoms with Gasteiger partial charge in [0.2, 0.25) is 0 Å². The van der Waals surface area contributed by atoms with Crippen molar-refractivity contribution in [2.45, 2.75) is 119 Å². The van der Waals surface area contributed by atoms with Gasteiger partial charge >= 0.3 is 0 Å². The van der Waals surface area contributed by atoms with Gasteiger partial charge in [-0.05, 0) is 38.5 Å². The lowest BCUT2D eigenvalue weighted by molar-refractivity contribution is -0.848. The molecule has 0 N–H and O–H groups in total. The molecule has 0 aliphatic rings. The minimum Gasteiger partial charge on any atom is -1.00 e. The van der Waals surface area contributed by atoms with Crippen LogP contribution >= 0.6 is 0 Å². The summed E-state index contributed by atoms with van der Waals surface area (Å²) in [6, 6.07) is 0. The van der Waals surface area contributed by atoms with Crippen molar-refractivity contribution in [3.05, 3.63) is 0 Å². The molecule has 0 aromatic heterocycles. The summed E-state index contributed by atoms with van der Waals surface area (Å²) in [4.78, 5) is 8.08. The van der Waals surface area contributed by atoms with Crippen molar-refractivity contribution in [3.63, 3.8) is 0 Å². The predicted molar refractivity (Wildman–Crippen MR) is 128 cm³/mol. The summed E-state index contributed by atoms with van der Waals surface area (Å²) in [6.45, 7) is 21.1. The average Bonchev–Trinajstić information content (AvgIpc) is 2.72. The molecule has 0 unspecified atom stereocenters. The van der Waals surface area contributed by atoms with Crippen molar-refractivity contribution in [3.8, 4) is 0 Å². The second-order valence-electron chi connectivity index (χ2n) is 8.61. The maximum atomic E-state index is 5.37. The van der Waals surface area contributed by atoms with E-state index in [9.17, 15) is 0 Å². The van der Waals surface area contributed by atoms with E-state index in [1.165, 1.54) is 116 Å². The summed E-state index contributed by atoms with van der Waals surface area (Å²) >= 11 is 0. The van der Waals surface area contributed by atoms with Crippen LogP contribution in [0.4, 0.5) is 0 Å². The van der Waals surface area contributed by atoms with Crippen molar-refractivity contribution >= 4 is 5.96 Å². The molecular weight excluding hydrogens is 422 g/mol. The van der Waals surface area contributed by atoms with Gasteiger partial charge in [-0.25, -0.2) is 4.99 Å². The number of hydrogen-bond acceptors (Lipinski definition) is 1. The standard InChI is InChI=1S/C25H54N3.BrH/c1-7-13-19-26-25(27(20-14-8-2)21-15-9-3)28(22-16-10-4,23-17-11-5)24-18-12-6;/h7-24H2,1-6H3;1H/q+1;/p-1. The second-order valence-corrected chi connectivity index (χ2v) is 8.61. The molecule has 0 amide bonds. The van der Waals surface area contributed by atoms with E-state index in [4.69, 9.17) is 4.99 Å². The van der Waals surface area contributed by atoms with Crippen molar-refractivity contribution < 1.29 is 21.5 Å². The van der Waals surface area contributed by atoms with Gasteiger partial charge in [0.15, 0.2) is 0 Å². The first-order valence-corrected chi connectivity index (χ1v) is 12.8. The number of guanidine groups is 1. The Kier molecular flexibility index (Phi) is 22.7. The van der Waals surface area contributed by atoms with Gasteiger partial charge in [-0.1, -0.05) is 80.1 Å². The average molecular weight is 477 g/mol. The Balaban J connectivity index is 0. The molecule has 0 aliphatic carbocycles. The zero-order valence-electron chi connectivity index (χ0n) is 20.9. The number of nitrogens with zero attached hydrogens (tertiary/aromatic N) is 3. The molecule has 0 atom stereocenters. The monoisotopic (exact) mass is 475 g/mol. The molecule has 3 nitrogen and oxygen atoms in total. The highest BCUT2D eigenvalue weighted by Crippen LogP contribution is 2.20. The van der Waals surface area contributed by atoms with Crippen LogP contribution in [0.3, 0.4) is 0 Å². The van der Waals surface area contributed by atoms with Crippen molar-refractivity contribution in [2.75, 3.05) is 39.3 Å². The lowest BCUT2D eigenvalue weighted by atomic mass is 10.1. The minimum absolute atomic E-state index is 0. The summed E-state index contributed by atoms with van der Waals surface area (Å²) in [7, 11) is 0. The lowest BCUT2D eigenvalue weighted by Crippen LogP contribution is -3.00. The first-order chi connectivity index (χ1) is 13.7. The smallest absolute Gasteiger partial charge is 0.300 e. The number of quaternary nitrogens is 1. The van der Waals surface area contributed by atoms with Gasteiger partial charge in [-0.2, -0.15) is 0 Å². The second kappa shape index (κ2) is 21.2. The molecule has 0 bridgehead atoms. The quantitative estimate of drug-likeness (QED) is 0.125. The molecule has 29 heavy (non-hydrogen) atoms. The Morgan fingerprint density at radius 3 is 1.31 bits per heavy atom. The molecule has 0 fully saturated rings. The van der Waals surface area contributed by atoms with Crippen LogP contribution in [0, 0.1) is 0 Å². The maximum absolute atomic E-state index is 5.37. The van der Waals surface area contributed by atoms with Gasteiger partial charge in [0.05, 0.1) is 19.6 Å². The first-order valence-electron chi connectivity index (χ1n) is 12.8. The molecular formula is C25H54BrN3. The number of unbranched alkanes of at least 4 members (excludes halogenated alkanes) is 6. The molecule has 0 radical (unpaired) electrons. The topological polar surface area (TPSA) is 15.6 Å². The fourth-order valence-corrected chi connectivity index (χ4v) is 3.91. The van der Waals surface area contributed by atoms with Crippen LogP contribution in [-0.2, 0) is 0 Å². The molecule has 0 aromatic rings. The number of rotatable bonds is 18.